The zero-order chi connectivity index (χ0) is 34.5. The number of carbonyl (C=O) groups is 2. The molecule has 1 saturated carbocycles. The second kappa shape index (κ2) is 22.2. The summed E-state index contributed by atoms with van der Waals surface area (Å²) in [6.07, 6.45) is 13.1. The number of pyridine rings is 2. The molecule has 2 aliphatic rings. The van der Waals surface area contributed by atoms with E-state index in [9.17, 15) is 14.4 Å². The summed E-state index contributed by atoms with van der Waals surface area (Å²) in [5.74, 6) is -0.161. The van der Waals surface area contributed by atoms with Crippen LogP contribution in [-0.4, -0.2) is 112 Å². The predicted molar refractivity (Wildman–Crippen MR) is 184 cm³/mol. The second-order valence-electron chi connectivity index (χ2n) is 12.4. The molecule has 14 heteroatoms. The molecule has 1 atom stereocenters. The van der Waals surface area contributed by atoms with Crippen LogP contribution in [0.2, 0.25) is 0 Å². The van der Waals surface area contributed by atoms with Gasteiger partial charge in [-0.15, -0.1) is 0 Å². The maximum atomic E-state index is 13.0. The van der Waals surface area contributed by atoms with Gasteiger partial charge >= 0.3 is 5.97 Å². The quantitative estimate of drug-likeness (QED) is 0.147. The molecule has 1 saturated heterocycles. The van der Waals surface area contributed by atoms with Crippen LogP contribution in [-0.2, 0) is 35.1 Å². The first kappa shape index (κ1) is 38.2. The third-order valence-electron chi connectivity index (χ3n) is 8.61. The van der Waals surface area contributed by atoms with E-state index < -0.39 is 18.1 Å². The topological polar surface area (TPSA) is 163 Å². The first-order chi connectivity index (χ1) is 24.0. The molecule has 1 aliphatic heterocycles. The number of aromatic nitrogens is 2. The molecule has 0 aromatic carbocycles. The van der Waals surface area contributed by atoms with Gasteiger partial charge in [0.1, 0.15) is 18.9 Å². The fourth-order valence-electron chi connectivity index (χ4n) is 6.03. The number of hydrogen-bond donors (Lipinski definition) is 3. The number of hydrogen-bond acceptors (Lipinski definition) is 11. The first-order valence-corrected chi connectivity index (χ1v) is 17.6. The van der Waals surface area contributed by atoms with E-state index in [2.05, 4.69) is 20.5 Å². The molecule has 49 heavy (non-hydrogen) atoms. The second-order valence-corrected chi connectivity index (χ2v) is 12.4. The summed E-state index contributed by atoms with van der Waals surface area (Å²) in [6.45, 7) is 7.35. The van der Waals surface area contributed by atoms with Crippen LogP contribution >= 0.6 is 0 Å². The van der Waals surface area contributed by atoms with Crippen molar-refractivity contribution < 1.29 is 38.4 Å². The van der Waals surface area contributed by atoms with Gasteiger partial charge in [0, 0.05) is 38.0 Å². The fraction of sp³-hybridized carbons (Fsp3) is 0.657. The smallest absolute Gasteiger partial charge is 0.323 e. The molecule has 0 spiro atoms. The zero-order valence-corrected chi connectivity index (χ0v) is 28.5. The molecule has 4 rings (SSSR count). The van der Waals surface area contributed by atoms with Crippen LogP contribution in [0.4, 0.5) is 11.4 Å². The largest absolute Gasteiger partial charge is 0.489 e. The number of amides is 1. The lowest BCUT2D eigenvalue weighted by Gasteiger charge is -2.33. The number of rotatable bonds is 23. The van der Waals surface area contributed by atoms with E-state index in [1.165, 1.54) is 50.4 Å². The van der Waals surface area contributed by atoms with Crippen LogP contribution in [0.5, 0.6) is 5.75 Å². The molecule has 0 radical (unpaired) electrons. The lowest BCUT2D eigenvalue weighted by molar-refractivity contribution is -0.137. The van der Waals surface area contributed by atoms with Crippen LogP contribution in [0.3, 0.4) is 0 Å². The molecule has 2 aromatic rings. The Morgan fingerprint density at radius 2 is 1.55 bits per heavy atom. The van der Waals surface area contributed by atoms with Crippen molar-refractivity contribution in [2.75, 3.05) is 95.9 Å². The van der Waals surface area contributed by atoms with Crippen molar-refractivity contribution in [2.45, 2.75) is 51.5 Å². The Morgan fingerprint density at radius 3 is 2.27 bits per heavy atom. The van der Waals surface area contributed by atoms with Crippen molar-refractivity contribution in [1.29, 1.82) is 0 Å². The lowest BCUT2D eigenvalue weighted by Crippen LogP contribution is -2.41. The average Bonchev–Trinajstić information content (AvgIpc) is 3.11. The Labute approximate surface area is 288 Å². The highest BCUT2D eigenvalue weighted by Gasteiger charge is 2.26. The van der Waals surface area contributed by atoms with Crippen molar-refractivity contribution in [3.05, 3.63) is 47.1 Å². The Balaban J connectivity index is 1.00. The van der Waals surface area contributed by atoms with Gasteiger partial charge in [-0.1, -0.05) is 19.3 Å². The van der Waals surface area contributed by atoms with Gasteiger partial charge in [0.05, 0.1) is 82.5 Å². The Hall–Kier alpha value is -3.56. The highest BCUT2D eigenvalue weighted by Crippen LogP contribution is 2.26. The van der Waals surface area contributed by atoms with Crippen LogP contribution in [0, 0.1) is 11.8 Å². The van der Waals surface area contributed by atoms with E-state index in [0.29, 0.717) is 83.9 Å². The number of anilines is 2. The van der Waals surface area contributed by atoms with E-state index in [1.807, 2.05) is 6.07 Å². The minimum atomic E-state index is -1.14. The molecule has 0 bridgehead atoms. The number of nitrogens with one attached hydrogen (secondary N) is 2. The summed E-state index contributed by atoms with van der Waals surface area (Å²) >= 11 is 0. The molecule has 1 unspecified atom stereocenters. The van der Waals surface area contributed by atoms with Crippen LogP contribution < -0.4 is 25.8 Å². The van der Waals surface area contributed by atoms with Gasteiger partial charge in [-0.05, 0) is 44.2 Å². The minimum absolute atomic E-state index is 0.188. The van der Waals surface area contributed by atoms with Crippen LogP contribution in [0.15, 0.2) is 41.6 Å². The van der Waals surface area contributed by atoms with E-state index >= 15 is 0 Å². The third-order valence-corrected chi connectivity index (χ3v) is 8.61. The molecule has 1 amide bonds. The molecule has 2 fully saturated rings. The van der Waals surface area contributed by atoms with Crippen molar-refractivity contribution in [3.63, 3.8) is 0 Å². The minimum Gasteiger partial charge on any atom is -0.489 e. The van der Waals surface area contributed by atoms with Gasteiger partial charge in [0.25, 0.3) is 5.56 Å². The van der Waals surface area contributed by atoms with Gasteiger partial charge < -0.3 is 48.9 Å². The van der Waals surface area contributed by atoms with E-state index in [-0.39, 0.29) is 11.8 Å². The number of aliphatic carboxylic acids is 1. The number of carbonyl (C=O) groups excluding carboxylic acids is 1. The summed E-state index contributed by atoms with van der Waals surface area (Å²) in [4.78, 5) is 42.4. The van der Waals surface area contributed by atoms with Crippen molar-refractivity contribution in [2.24, 2.45) is 11.8 Å². The van der Waals surface area contributed by atoms with E-state index in [1.54, 1.807) is 12.4 Å². The maximum absolute atomic E-state index is 13.0. The molecular formula is C35H53N5O9. The maximum Gasteiger partial charge on any atom is 0.323 e. The summed E-state index contributed by atoms with van der Waals surface area (Å²) < 4.78 is 29.2. The summed E-state index contributed by atoms with van der Waals surface area (Å²) in [7, 11) is 0. The average molecular weight is 688 g/mol. The summed E-state index contributed by atoms with van der Waals surface area (Å²) in [5.41, 5.74) is 0.786. The molecular weight excluding hydrogens is 634 g/mol. The van der Waals surface area contributed by atoms with E-state index in [0.717, 1.165) is 42.2 Å². The summed E-state index contributed by atoms with van der Waals surface area (Å²) in [5, 5.41) is 15.3. The fourth-order valence-corrected chi connectivity index (χ4v) is 6.03. The Morgan fingerprint density at radius 1 is 0.857 bits per heavy atom. The molecule has 1 aliphatic carbocycles. The molecule has 272 valence electrons. The highest BCUT2D eigenvalue weighted by atomic mass is 16.6. The van der Waals surface area contributed by atoms with Gasteiger partial charge in [0.2, 0.25) is 5.91 Å². The van der Waals surface area contributed by atoms with Crippen molar-refractivity contribution >= 4 is 23.3 Å². The SMILES string of the molecule is O=C(O)Cn1cc(NC(=O)C2CCCN(c3cncc(OCCOCCOCCOCCOCCNCC4CCCCC4)c3)C2)ccc1=O. The van der Waals surface area contributed by atoms with Crippen LogP contribution in [0.25, 0.3) is 0 Å². The highest BCUT2D eigenvalue weighted by molar-refractivity contribution is 5.93. The lowest BCUT2D eigenvalue weighted by atomic mass is 9.89. The monoisotopic (exact) mass is 687 g/mol. The van der Waals surface area contributed by atoms with Crippen molar-refractivity contribution in [1.82, 2.24) is 14.9 Å². The third kappa shape index (κ3) is 14.8. The van der Waals surface area contributed by atoms with Gasteiger partial charge in [-0.2, -0.15) is 0 Å². The van der Waals surface area contributed by atoms with Gasteiger partial charge in [-0.25, -0.2) is 0 Å². The first-order valence-electron chi connectivity index (χ1n) is 17.6. The number of piperidine rings is 1. The number of carboxylic acid groups (broad SMARTS) is 1. The Bertz CT molecular complexity index is 1320. The van der Waals surface area contributed by atoms with Crippen LogP contribution in [0.1, 0.15) is 44.9 Å². The van der Waals surface area contributed by atoms with E-state index in [4.69, 9.17) is 28.8 Å². The molecule has 3 heterocycles. The molecule has 2 aromatic heterocycles. The standard InChI is InChI=1S/C35H53N5O9/c41-33-9-8-30(26-40(33)27-34(42)43)38-35(44)29-7-4-11-39(25-29)31-21-32(24-37-23-31)49-20-19-48-18-17-47-16-15-46-14-13-45-12-10-36-22-28-5-2-1-3-6-28/h8-9,21,23-24,26,28-29,36H,1-7,10-20,22,25,27H2,(H,38,44)(H,42,43). The summed E-state index contributed by atoms with van der Waals surface area (Å²) in [6, 6.07) is 4.63. The Kier molecular flexibility index (Phi) is 17.3. The normalized spacial score (nSPS) is 16.8. The number of carboxylic acids is 1. The zero-order valence-electron chi connectivity index (χ0n) is 28.5. The molecule has 3 N–H and O–H groups in total. The van der Waals surface area contributed by atoms with Gasteiger partial charge in [-0.3, -0.25) is 19.4 Å². The number of ether oxygens (including phenoxy) is 5. The van der Waals surface area contributed by atoms with Crippen molar-refractivity contribution in [3.8, 4) is 5.75 Å². The predicted octanol–water partition coefficient (Wildman–Crippen LogP) is 2.80. The molecule has 14 nitrogen and oxygen atoms in total. The van der Waals surface area contributed by atoms with Gasteiger partial charge in [0.15, 0.2) is 0 Å². The number of nitrogens with zero attached hydrogens (tertiary/aromatic N) is 3.